The zero-order valence-electron chi connectivity index (χ0n) is 14.7. The second-order valence-electron chi connectivity index (χ2n) is 5.89. The first-order chi connectivity index (χ1) is 10.2. The Hall–Kier alpha value is 0.806. The van der Waals surface area contributed by atoms with Crippen molar-refractivity contribution in [1.82, 2.24) is 0 Å². The molecule has 0 unspecified atom stereocenters. The van der Waals surface area contributed by atoms with E-state index in [0.29, 0.717) is 0 Å². The van der Waals surface area contributed by atoms with Crippen molar-refractivity contribution in [2.45, 2.75) is 96.5 Å². The van der Waals surface area contributed by atoms with Gasteiger partial charge in [0.05, 0.1) is 6.10 Å². The van der Waals surface area contributed by atoms with Gasteiger partial charge in [-0.15, -0.1) is 0 Å². The Morgan fingerprint density at radius 3 is 2.32 bits per heavy atom. The number of carboxylic acid groups (broad SMARTS) is 1. The Balaban J connectivity index is 0. The molecule has 0 heterocycles. The van der Waals surface area contributed by atoms with Gasteiger partial charge in [-0.3, -0.25) is 0 Å². The summed E-state index contributed by atoms with van der Waals surface area (Å²) in [6.07, 6.45) is 17.0. The van der Waals surface area contributed by atoms with Crippen LogP contribution in [-0.4, -0.2) is 17.2 Å². The third-order valence-corrected chi connectivity index (χ3v) is 3.72. The smallest absolute Gasteiger partial charge is 0.550 e. The number of hydrogen-bond acceptors (Lipinski definition) is 3. The normalized spacial score (nSPS) is 12.3. The summed E-state index contributed by atoms with van der Waals surface area (Å²) in [4.78, 5) is 10.2. The quantitative estimate of drug-likeness (QED) is 0.273. The number of carbonyl (C=O) groups excluding carboxylic acids is 1. The molecule has 0 saturated heterocycles. The maximum atomic E-state index is 10.2. The number of allylic oxidation sites excluding steroid dienone is 1. The Labute approximate surface area is 179 Å². The summed E-state index contributed by atoms with van der Waals surface area (Å²) >= 11 is 0. The minimum Gasteiger partial charge on any atom is -0.550 e. The molecule has 0 amide bonds. The largest absolute Gasteiger partial charge is 1.00 e. The summed E-state index contributed by atoms with van der Waals surface area (Å²) in [5.74, 6) is -0.939. The predicted molar refractivity (Wildman–Crippen MR) is 85.8 cm³/mol. The maximum absolute atomic E-state index is 10.2. The molecule has 0 fully saturated rings. The molecule has 0 bridgehead atoms. The monoisotopic (exact) mass is 336 g/mol. The zero-order chi connectivity index (χ0) is 15.8. The molecule has 0 aromatic rings. The van der Waals surface area contributed by atoms with Crippen molar-refractivity contribution in [3.8, 4) is 0 Å². The number of rotatable bonds is 15. The van der Waals surface area contributed by atoms with E-state index in [9.17, 15) is 15.0 Å². The van der Waals surface area contributed by atoms with E-state index in [1.165, 1.54) is 19.3 Å². The van der Waals surface area contributed by atoms with Crippen LogP contribution in [0.3, 0.4) is 0 Å². The number of aliphatic hydroxyl groups excluding tert-OH is 1. The zero-order valence-corrected chi connectivity index (χ0v) is 17.8. The fraction of sp³-hybridized carbons (Fsp3) is 0.833. The molecular weight excluding hydrogens is 303 g/mol. The van der Waals surface area contributed by atoms with Crippen LogP contribution in [0.4, 0.5) is 0 Å². The number of unbranched alkanes of at least 4 members (excludes halogenated alkanes) is 8. The molecule has 1 atom stereocenters. The molecule has 0 aliphatic carbocycles. The van der Waals surface area contributed by atoms with Crippen molar-refractivity contribution in [2.75, 3.05) is 0 Å². The average molecular weight is 337 g/mol. The number of carboxylic acids is 1. The molecular formula is C18H33KO3. The van der Waals surface area contributed by atoms with E-state index < -0.39 is 5.97 Å². The SMILES string of the molecule is CCCCCC[C@@H](O)C/C=C\CCCCCCCC(=O)[O-].[K+]. The summed E-state index contributed by atoms with van der Waals surface area (Å²) in [5, 5.41) is 20.0. The van der Waals surface area contributed by atoms with E-state index in [-0.39, 0.29) is 63.9 Å². The van der Waals surface area contributed by atoms with Crippen LogP contribution in [0.25, 0.3) is 0 Å². The standard InChI is InChI=1S/C18H34O3.K/c1-2-3-4-11-14-17(19)15-12-9-7-5-6-8-10-13-16-18(20)21;/h9,12,17,19H,2-8,10-11,13-16H2,1H3,(H,20,21);/q;+1/p-1/b12-9-;/t17-;/m1./s1. The van der Waals surface area contributed by atoms with Crippen LogP contribution >= 0.6 is 0 Å². The average Bonchev–Trinajstić information content (AvgIpc) is 2.45. The van der Waals surface area contributed by atoms with Gasteiger partial charge in [-0.1, -0.05) is 64.0 Å². The molecule has 0 aromatic heterocycles. The van der Waals surface area contributed by atoms with E-state index in [1.54, 1.807) is 0 Å². The number of hydrogen-bond donors (Lipinski definition) is 1. The Bertz CT molecular complexity index is 267. The summed E-state index contributed by atoms with van der Waals surface area (Å²) in [6.45, 7) is 2.20. The van der Waals surface area contributed by atoms with Crippen LogP contribution in [0.1, 0.15) is 90.4 Å². The minimum atomic E-state index is -0.939. The van der Waals surface area contributed by atoms with Gasteiger partial charge in [-0.05, 0) is 38.5 Å². The van der Waals surface area contributed by atoms with Gasteiger partial charge in [0.25, 0.3) is 0 Å². The number of carbonyl (C=O) groups is 1. The summed E-state index contributed by atoms with van der Waals surface area (Å²) in [6, 6.07) is 0. The van der Waals surface area contributed by atoms with Gasteiger partial charge in [0.1, 0.15) is 0 Å². The second-order valence-corrected chi connectivity index (χ2v) is 5.89. The van der Waals surface area contributed by atoms with Crippen LogP contribution in [0, 0.1) is 0 Å². The van der Waals surface area contributed by atoms with Crippen LogP contribution in [0.15, 0.2) is 12.2 Å². The van der Waals surface area contributed by atoms with E-state index >= 15 is 0 Å². The van der Waals surface area contributed by atoms with Gasteiger partial charge in [0, 0.05) is 5.97 Å². The first-order valence-electron chi connectivity index (χ1n) is 8.69. The predicted octanol–water partition coefficient (Wildman–Crippen LogP) is 0.749. The Kier molecular flexibility index (Phi) is 22.6. The van der Waals surface area contributed by atoms with Gasteiger partial charge < -0.3 is 15.0 Å². The molecule has 1 N–H and O–H groups in total. The van der Waals surface area contributed by atoms with Crippen LogP contribution in [-0.2, 0) is 4.79 Å². The molecule has 0 rings (SSSR count). The van der Waals surface area contributed by atoms with Crippen molar-refractivity contribution in [1.29, 1.82) is 0 Å². The first kappa shape index (κ1) is 25.1. The summed E-state index contributed by atoms with van der Waals surface area (Å²) in [5.41, 5.74) is 0. The Morgan fingerprint density at radius 1 is 1.00 bits per heavy atom. The first-order valence-corrected chi connectivity index (χ1v) is 8.69. The van der Waals surface area contributed by atoms with Gasteiger partial charge in [-0.2, -0.15) is 0 Å². The van der Waals surface area contributed by atoms with E-state index in [0.717, 1.165) is 57.8 Å². The Morgan fingerprint density at radius 2 is 1.64 bits per heavy atom. The summed E-state index contributed by atoms with van der Waals surface area (Å²) < 4.78 is 0. The molecule has 3 nitrogen and oxygen atoms in total. The molecule has 0 aromatic carbocycles. The van der Waals surface area contributed by atoms with E-state index in [2.05, 4.69) is 19.1 Å². The van der Waals surface area contributed by atoms with E-state index in [1.807, 2.05) is 0 Å². The minimum absolute atomic E-state index is 0. The maximum Gasteiger partial charge on any atom is 1.00 e. The van der Waals surface area contributed by atoms with Crippen LogP contribution < -0.4 is 56.5 Å². The topological polar surface area (TPSA) is 60.4 Å². The molecule has 4 heteroatoms. The van der Waals surface area contributed by atoms with Crippen molar-refractivity contribution in [3.63, 3.8) is 0 Å². The fourth-order valence-electron chi connectivity index (χ4n) is 2.36. The molecule has 0 spiro atoms. The molecule has 0 saturated carbocycles. The third-order valence-electron chi connectivity index (χ3n) is 3.72. The van der Waals surface area contributed by atoms with Gasteiger partial charge in [-0.25, -0.2) is 0 Å². The molecule has 0 aliphatic rings. The second kappa shape index (κ2) is 19.9. The molecule has 22 heavy (non-hydrogen) atoms. The van der Waals surface area contributed by atoms with Gasteiger partial charge in [0.15, 0.2) is 0 Å². The van der Waals surface area contributed by atoms with Crippen molar-refractivity contribution in [3.05, 3.63) is 12.2 Å². The van der Waals surface area contributed by atoms with Gasteiger partial charge >= 0.3 is 51.4 Å². The number of aliphatic carboxylic acids is 1. The van der Waals surface area contributed by atoms with Crippen molar-refractivity contribution < 1.29 is 66.4 Å². The van der Waals surface area contributed by atoms with Crippen molar-refractivity contribution >= 4 is 5.97 Å². The number of aliphatic hydroxyl groups is 1. The van der Waals surface area contributed by atoms with E-state index in [4.69, 9.17) is 0 Å². The van der Waals surface area contributed by atoms with Crippen LogP contribution in [0.5, 0.6) is 0 Å². The molecule has 0 aliphatic heterocycles. The van der Waals surface area contributed by atoms with Gasteiger partial charge in [0.2, 0.25) is 0 Å². The van der Waals surface area contributed by atoms with Crippen molar-refractivity contribution in [2.24, 2.45) is 0 Å². The molecule has 124 valence electrons. The fourth-order valence-corrected chi connectivity index (χ4v) is 2.36. The van der Waals surface area contributed by atoms with Crippen LogP contribution in [0.2, 0.25) is 0 Å². The molecule has 0 radical (unpaired) electrons. The third kappa shape index (κ3) is 20.8. The summed E-state index contributed by atoms with van der Waals surface area (Å²) in [7, 11) is 0.